The highest BCUT2D eigenvalue weighted by atomic mass is 32.2. The lowest BCUT2D eigenvalue weighted by atomic mass is 10.1. The first-order valence-corrected chi connectivity index (χ1v) is 8.58. The number of benzene rings is 1. The van der Waals surface area contributed by atoms with E-state index in [-0.39, 0.29) is 10.9 Å². The summed E-state index contributed by atoms with van der Waals surface area (Å²) in [4.78, 5) is 4.36. The van der Waals surface area contributed by atoms with Crippen molar-refractivity contribution in [2.24, 2.45) is 0 Å². The van der Waals surface area contributed by atoms with Gasteiger partial charge in [0.15, 0.2) is 0 Å². The number of sulfonamides is 1. The molecule has 1 heterocycles. The monoisotopic (exact) mass is 335 g/mol. The number of ether oxygens (including phenoxy) is 1. The van der Waals surface area contributed by atoms with Crippen LogP contribution in [0.2, 0.25) is 0 Å². The number of rotatable bonds is 6. The molecule has 124 valence electrons. The number of pyridine rings is 1. The molecule has 1 aromatic heterocycles. The zero-order valence-corrected chi connectivity index (χ0v) is 14.5. The number of para-hydroxylation sites is 1. The quantitative estimate of drug-likeness (QED) is 0.878. The minimum atomic E-state index is -3.46. The number of nitrogens with zero attached hydrogens (tertiary/aromatic N) is 2. The van der Waals surface area contributed by atoms with E-state index in [0.717, 1.165) is 15.6 Å². The van der Waals surface area contributed by atoms with Crippen molar-refractivity contribution in [2.45, 2.75) is 17.9 Å². The fourth-order valence-electron chi connectivity index (χ4n) is 2.15. The normalized spacial score (nSPS) is 12.9. The van der Waals surface area contributed by atoms with Crippen LogP contribution in [-0.2, 0) is 10.0 Å². The zero-order valence-electron chi connectivity index (χ0n) is 13.6. The molecule has 2 aromatic rings. The van der Waals surface area contributed by atoms with Crippen molar-refractivity contribution < 1.29 is 13.2 Å². The summed E-state index contributed by atoms with van der Waals surface area (Å²) in [6.07, 6.45) is 1.35. The highest BCUT2D eigenvalue weighted by molar-refractivity contribution is 7.89. The zero-order chi connectivity index (χ0) is 17.0. The van der Waals surface area contributed by atoms with E-state index in [9.17, 15) is 8.42 Å². The maximum absolute atomic E-state index is 12.0. The van der Waals surface area contributed by atoms with Crippen LogP contribution in [0.1, 0.15) is 18.5 Å². The first kappa shape index (κ1) is 17.2. The van der Waals surface area contributed by atoms with Crippen LogP contribution in [0.25, 0.3) is 0 Å². The standard InChI is InChI=1S/C16H21N3O3S/c1-12(14-7-5-6-8-15(14)22-4)18-16-10-9-13(11-17-16)23(20,21)19(2)3/h5-12H,1-4H3,(H,17,18). The average Bonchev–Trinajstić information content (AvgIpc) is 2.55. The van der Waals surface area contributed by atoms with Crippen molar-refractivity contribution in [2.75, 3.05) is 26.5 Å². The molecule has 2 rings (SSSR count). The van der Waals surface area contributed by atoms with Crippen LogP contribution < -0.4 is 10.1 Å². The number of hydrogen-bond donors (Lipinski definition) is 1. The van der Waals surface area contributed by atoms with Gasteiger partial charge in [-0.15, -0.1) is 0 Å². The molecule has 0 radical (unpaired) electrons. The Hall–Kier alpha value is -2.12. The van der Waals surface area contributed by atoms with Crippen LogP contribution in [0.4, 0.5) is 5.82 Å². The Bertz CT molecular complexity index is 758. The summed E-state index contributed by atoms with van der Waals surface area (Å²) >= 11 is 0. The summed E-state index contributed by atoms with van der Waals surface area (Å²) in [5.41, 5.74) is 1.00. The molecule has 0 aliphatic rings. The van der Waals surface area contributed by atoms with Gasteiger partial charge in [0.25, 0.3) is 0 Å². The van der Waals surface area contributed by atoms with Gasteiger partial charge in [0.05, 0.1) is 13.2 Å². The third kappa shape index (κ3) is 3.80. The Morgan fingerprint density at radius 3 is 2.43 bits per heavy atom. The summed E-state index contributed by atoms with van der Waals surface area (Å²) in [6.45, 7) is 1.99. The van der Waals surface area contributed by atoms with Gasteiger partial charge in [-0.05, 0) is 25.1 Å². The number of hydrogen-bond acceptors (Lipinski definition) is 5. The van der Waals surface area contributed by atoms with E-state index in [0.29, 0.717) is 5.82 Å². The van der Waals surface area contributed by atoms with Crippen molar-refractivity contribution in [3.8, 4) is 5.75 Å². The Labute approximate surface area is 137 Å². The van der Waals surface area contributed by atoms with E-state index in [1.807, 2.05) is 31.2 Å². The van der Waals surface area contributed by atoms with Crippen molar-refractivity contribution in [3.63, 3.8) is 0 Å². The maximum Gasteiger partial charge on any atom is 0.244 e. The second-order valence-electron chi connectivity index (χ2n) is 5.27. The smallest absolute Gasteiger partial charge is 0.244 e. The summed E-state index contributed by atoms with van der Waals surface area (Å²) < 4.78 is 30.5. The van der Waals surface area contributed by atoms with E-state index in [2.05, 4.69) is 10.3 Å². The Kier molecular flexibility index (Phi) is 5.23. The van der Waals surface area contributed by atoms with Crippen LogP contribution in [0.15, 0.2) is 47.5 Å². The third-order valence-electron chi connectivity index (χ3n) is 3.48. The van der Waals surface area contributed by atoms with Crippen LogP contribution in [-0.4, -0.2) is 38.9 Å². The molecule has 0 aliphatic heterocycles. The van der Waals surface area contributed by atoms with Gasteiger partial charge >= 0.3 is 0 Å². The summed E-state index contributed by atoms with van der Waals surface area (Å²) in [5, 5.41) is 3.24. The molecule has 6 nitrogen and oxygen atoms in total. The van der Waals surface area contributed by atoms with Crippen LogP contribution >= 0.6 is 0 Å². The molecule has 0 aliphatic carbocycles. The fraction of sp³-hybridized carbons (Fsp3) is 0.312. The SMILES string of the molecule is COc1ccccc1C(C)Nc1ccc(S(=O)(=O)N(C)C)cn1. The third-order valence-corrected chi connectivity index (χ3v) is 5.28. The second kappa shape index (κ2) is 6.97. The molecule has 1 unspecified atom stereocenters. The number of aromatic nitrogens is 1. The molecule has 7 heteroatoms. The van der Waals surface area contributed by atoms with Crippen LogP contribution in [0.5, 0.6) is 5.75 Å². The van der Waals surface area contributed by atoms with Gasteiger partial charge in [0.1, 0.15) is 16.5 Å². The molecule has 0 amide bonds. The lowest BCUT2D eigenvalue weighted by Crippen LogP contribution is -2.22. The highest BCUT2D eigenvalue weighted by Gasteiger charge is 2.18. The molecule has 0 bridgehead atoms. The second-order valence-corrected chi connectivity index (χ2v) is 7.43. The molecule has 1 aromatic carbocycles. The molecular weight excluding hydrogens is 314 g/mol. The summed E-state index contributed by atoms with van der Waals surface area (Å²) in [6, 6.07) is 10.9. The Morgan fingerprint density at radius 1 is 1.17 bits per heavy atom. The van der Waals surface area contributed by atoms with Gasteiger partial charge in [0, 0.05) is 25.9 Å². The average molecular weight is 335 g/mol. The van der Waals surface area contributed by atoms with E-state index >= 15 is 0 Å². The topological polar surface area (TPSA) is 71.5 Å². The lowest BCUT2D eigenvalue weighted by Gasteiger charge is -2.18. The molecule has 0 spiro atoms. The van der Waals surface area contributed by atoms with Crippen molar-refractivity contribution in [1.82, 2.24) is 9.29 Å². The van der Waals surface area contributed by atoms with Gasteiger partial charge in [-0.25, -0.2) is 17.7 Å². The maximum atomic E-state index is 12.0. The Balaban J connectivity index is 2.18. The first-order chi connectivity index (χ1) is 10.9. The number of anilines is 1. The lowest BCUT2D eigenvalue weighted by molar-refractivity contribution is 0.408. The molecule has 1 atom stereocenters. The van der Waals surface area contributed by atoms with E-state index < -0.39 is 10.0 Å². The van der Waals surface area contributed by atoms with Gasteiger partial charge in [-0.2, -0.15) is 0 Å². The van der Waals surface area contributed by atoms with Crippen molar-refractivity contribution in [1.29, 1.82) is 0 Å². The summed E-state index contributed by atoms with van der Waals surface area (Å²) in [5.74, 6) is 1.39. The molecular formula is C16H21N3O3S. The van der Waals surface area contributed by atoms with E-state index in [1.165, 1.54) is 20.3 Å². The molecule has 1 N–H and O–H groups in total. The predicted molar refractivity (Wildman–Crippen MR) is 90.1 cm³/mol. The molecule has 0 saturated carbocycles. The highest BCUT2D eigenvalue weighted by Crippen LogP contribution is 2.27. The fourth-order valence-corrected chi connectivity index (χ4v) is 3.00. The van der Waals surface area contributed by atoms with E-state index in [4.69, 9.17) is 4.74 Å². The van der Waals surface area contributed by atoms with Crippen LogP contribution in [0.3, 0.4) is 0 Å². The predicted octanol–water partition coefficient (Wildman–Crippen LogP) is 2.51. The van der Waals surface area contributed by atoms with Crippen LogP contribution in [0, 0.1) is 0 Å². The molecule has 0 saturated heterocycles. The summed E-state index contributed by atoms with van der Waals surface area (Å²) in [7, 11) is 1.15. The van der Waals surface area contributed by atoms with E-state index in [1.54, 1.807) is 19.2 Å². The van der Waals surface area contributed by atoms with Gasteiger partial charge in [-0.1, -0.05) is 18.2 Å². The number of nitrogens with one attached hydrogen (secondary N) is 1. The van der Waals surface area contributed by atoms with Crippen molar-refractivity contribution >= 4 is 15.8 Å². The number of methoxy groups -OCH3 is 1. The molecule has 0 fully saturated rings. The molecule has 23 heavy (non-hydrogen) atoms. The minimum Gasteiger partial charge on any atom is -0.496 e. The van der Waals surface area contributed by atoms with Crippen molar-refractivity contribution in [3.05, 3.63) is 48.2 Å². The first-order valence-electron chi connectivity index (χ1n) is 7.14. The van der Waals surface area contributed by atoms with Gasteiger partial charge in [0.2, 0.25) is 10.0 Å². The largest absolute Gasteiger partial charge is 0.496 e. The van der Waals surface area contributed by atoms with Gasteiger partial charge < -0.3 is 10.1 Å². The minimum absolute atomic E-state index is 0.0324. The van der Waals surface area contributed by atoms with Gasteiger partial charge in [-0.3, -0.25) is 0 Å². The Morgan fingerprint density at radius 2 is 1.87 bits per heavy atom.